The molecule has 1 aliphatic rings. The summed E-state index contributed by atoms with van der Waals surface area (Å²) in [6, 6.07) is 0. The zero-order valence-electron chi connectivity index (χ0n) is 9.29. The molecular formula is C11H20O2S. The molecule has 14 heavy (non-hydrogen) atoms. The number of hydrogen-bond acceptors (Lipinski definition) is 2. The Morgan fingerprint density at radius 1 is 1.36 bits per heavy atom. The maximum atomic E-state index is 12.0. The van der Waals surface area contributed by atoms with Gasteiger partial charge >= 0.3 is 0 Å². The van der Waals surface area contributed by atoms with E-state index in [1.54, 1.807) is 0 Å². The molecule has 0 aromatic heterocycles. The van der Waals surface area contributed by atoms with Crippen LogP contribution in [-0.2, 0) is 15.6 Å². The van der Waals surface area contributed by atoms with E-state index in [0.717, 1.165) is 12.8 Å². The minimum absolute atomic E-state index is 0.133. The first kappa shape index (κ1) is 11.9. The Hall–Kier alpha value is -0.180. The van der Waals surface area contributed by atoms with E-state index in [0.29, 0.717) is 24.5 Å². The number of rotatable bonds is 3. The van der Waals surface area contributed by atoms with Crippen molar-refractivity contribution in [2.75, 3.05) is 0 Å². The van der Waals surface area contributed by atoms with Crippen molar-refractivity contribution in [1.82, 2.24) is 0 Å². The first-order valence-electron chi connectivity index (χ1n) is 5.43. The molecule has 0 radical (unpaired) electrons. The highest BCUT2D eigenvalue weighted by atomic mass is 32.2. The van der Waals surface area contributed by atoms with Crippen LogP contribution in [0, 0.1) is 5.92 Å². The smallest absolute Gasteiger partial charge is 0.134 e. The topological polar surface area (TPSA) is 34.1 Å². The average Bonchev–Trinajstić information content (AvgIpc) is 2.15. The summed E-state index contributed by atoms with van der Waals surface area (Å²) in [5.41, 5.74) is 0. The number of ketones is 1. The van der Waals surface area contributed by atoms with Gasteiger partial charge in [0.15, 0.2) is 0 Å². The molecule has 3 heteroatoms. The summed E-state index contributed by atoms with van der Waals surface area (Å²) in [4.78, 5) is 11.2. The van der Waals surface area contributed by atoms with Crippen molar-refractivity contribution in [1.29, 1.82) is 0 Å². The Kier molecular flexibility index (Phi) is 4.30. The molecule has 2 nitrogen and oxygen atoms in total. The summed E-state index contributed by atoms with van der Waals surface area (Å²) in [7, 11) is -0.823. The van der Waals surface area contributed by atoms with Gasteiger partial charge in [0, 0.05) is 34.1 Å². The lowest BCUT2D eigenvalue weighted by atomic mass is 9.99. The largest absolute Gasteiger partial charge is 0.300 e. The Morgan fingerprint density at radius 2 is 2.00 bits per heavy atom. The van der Waals surface area contributed by atoms with E-state index in [4.69, 9.17) is 0 Å². The third kappa shape index (κ3) is 2.91. The van der Waals surface area contributed by atoms with Crippen LogP contribution in [0.3, 0.4) is 0 Å². The van der Waals surface area contributed by atoms with Gasteiger partial charge in [-0.3, -0.25) is 9.00 Å². The molecule has 1 fully saturated rings. The highest BCUT2D eigenvalue weighted by molar-refractivity contribution is 7.86. The van der Waals surface area contributed by atoms with Gasteiger partial charge in [-0.2, -0.15) is 0 Å². The molecule has 1 aliphatic carbocycles. The standard InChI is InChI=1S/C11H20O2S/c1-8(2)9(3)14(13)11-6-4-5-10(12)7-11/h8-9,11H,4-7H2,1-3H3. The number of Topliss-reactive ketones (excluding diaryl/α,β-unsaturated/α-hetero) is 1. The molecule has 1 saturated carbocycles. The van der Waals surface area contributed by atoms with Crippen LogP contribution < -0.4 is 0 Å². The molecule has 0 N–H and O–H groups in total. The second kappa shape index (κ2) is 5.06. The minimum atomic E-state index is -0.823. The van der Waals surface area contributed by atoms with Gasteiger partial charge in [-0.05, 0) is 18.8 Å². The van der Waals surface area contributed by atoms with Crippen LogP contribution in [0.2, 0.25) is 0 Å². The third-order valence-corrected chi connectivity index (χ3v) is 5.41. The normalized spacial score (nSPS) is 27.7. The van der Waals surface area contributed by atoms with Crippen LogP contribution in [-0.4, -0.2) is 20.5 Å². The highest BCUT2D eigenvalue weighted by Gasteiger charge is 2.28. The van der Waals surface area contributed by atoms with Gasteiger partial charge in [-0.15, -0.1) is 0 Å². The first-order valence-corrected chi connectivity index (χ1v) is 6.71. The fourth-order valence-corrected chi connectivity index (χ4v) is 3.65. The summed E-state index contributed by atoms with van der Waals surface area (Å²) in [6.45, 7) is 6.21. The molecule has 0 heterocycles. The van der Waals surface area contributed by atoms with Gasteiger partial charge in [-0.25, -0.2) is 0 Å². The van der Waals surface area contributed by atoms with Crippen LogP contribution >= 0.6 is 0 Å². The molecule has 0 saturated heterocycles. The van der Waals surface area contributed by atoms with E-state index >= 15 is 0 Å². The molecule has 0 bridgehead atoms. The predicted octanol–water partition coefficient (Wildman–Crippen LogP) is 2.29. The van der Waals surface area contributed by atoms with Crippen LogP contribution in [0.25, 0.3) is 0 Å². The van der Waals surface area contributed by atoms with Crippen molar-refractivity contribution in [3.05, 3.63) is 0 Å². The number of hydrogen-bond donors (Lipinski definition) is 0. The van der Waals surface area contributed by atoms with E-state index in [-0.39, 0.29) is 10.5 Å². The molecule has 0 aromatic carbocycles. The van der Waals surface area contributed by atoms with Gasteiger partial charge in [0.05, 0.1) is 0 Å². The molecular weight excluding hydrogens is 196 g/mol. The fraction of sp³-hybridized carbons (Fsp3) is 0.909. The van der Waals surface area contributed by atoms with E-state index in [1.807, 2.05) is 6.92 Å². The number of carbonyl (C=O) groups is 1. The SMILES string of the molecule is CC(C)C(C)S(=O)C1CCCC(=O)C1. The summed E-state index contributed by atoms with van der Waals surface area (Å²) in [5, 5.41) is 0.347. The summed E-state index contributed by atoms with van der Waals surface area (Å²) < 4.78 is 12.0. The number of carbonyl (C=O) groups excluding carboxylic acids is 1. The second-order valence-corrected chi connectivity index (χ2v) is 6.60. The van der Waals surface area contributed by atoms with Gasteiger partial charge in [0.2, 0.25) is 0 Å². The fourth-order valence-electron chi connectivity index (χ4n) is 1.76. The molecule has 1 rings (SSSR count). The van der Waals surface area contributed by atoms with Crippen LogP contribution in [0.1, 0.15) is 46.5 Å². The Labute approximate surface area is 88.9 Å². The molecule has 0 amide bonds. The lowest BCUT2D eigenvalue weighted by molar-refractivity contribution is -0.120. The van der Waals surface area contributed by atoms with Gasteiger partial charge in [0.25, 0.3) is 0 Å². The van der Waals surface area contributed by atoms with Gasteiger partial charge < -0.3 is 0 Å². The van der Waals surface area contributed by atoms with E-state index in [1.165, 1.54) is 0 Å². The maximum Gasteiger partial charge on any atom is 0.134 e. The lowest BCUT2D eigenvalue weighted by Crippen LogP contribution is -2.31. The molecule has 0 aliphatic heterocycles. The molecule has 0 aromatic rings. The zero-order chi connectivity index (χ0) is 10.7. The van der Waals surface area contributed by atoms with Crippen molar-refractivity contribution in [3.8, 4) is 0 Å². The molecule has 0 spiro atoms. The minimum Gasteiger partial charge on any atom is -0.300 e. The second-order valence-electron chi connectivity index (χ2n) is 4.53. The van der Waals surface area contributed by atoms with Crippen LogP contribution in [0.15, 0.2) is 0 Å². The molecule has 3 atom stereocenters. The van der Waals surface area contributed by atoms with Crippen molar-refractivity contribution in [2.24, 2.45) is 5.92 Å². The summed E-state index contributed by atoms with van der Waals surface area (Å²) in [5.74, 6) is 0.735. The highest BCUT2D eigenvalue weighted by Crippen LogP contribution is 2.24. The third-order valence-electron chi connectivity index (χ3n) is 3.07. The van der Waals surface area contributed by atoms with E-state index in [2.05, 4.69) is 13.8 Å². The predicted molar refractivity (Wildman–Crippen MR) is 59.7 cm³/mol. The Balaban J connectivity index is 2.55. The molecule has 3 unspecified atom stereocenters. The summed E-state index contributed by atoms with van der Waals surface area (Å²) >= 11 is 0. The average molecular weight is 216 g/mol. The zero-order valence-corrected chi connectivity index (χ0v) is 10.1. The van der Waals surface area contributed by atoms with Crippen molar-refractivity contribution >= 4 is 16.6 Å². The van der Waals surface area contributed by atoms with Crippen molar-refractivity contribution in [3.63, 3.8) is 0 Å². The summed E-state index contributed by atoms with van der Waals surface area (Å²) in [6.07, 6.45) is 3.14. The maximum absolute atomic E-state index is 12.0. The van der Waals surface area contributed by atoms with Crippen molar-refractivity contribution < 1.29 is 9.00 Å². The monoisotopic (exact) mass is 216 g/mol. The van der Waals surface area contributed by atoms with E-state index in [9.17, 15) is 9.00 Å². The quantitative estimate of drug-likeness (QED) is 0.725. The Morgan fingerprint density at radius 3 is 2.50 bits per heavy atom. The van der Waals surface area contributed by atoms with Gasteiger partial charge in [-0.1, -0.05) is 20.8 Å². The van der Waals surface area contributed by atoms with E-state index < -0.39 is 10.8 Å². The lowest BCUT2D eigenvalue weighted by Gasteiger charge is -2.25. The Bertz CT molecular complexity index is 235. The van der Waals surface area contributed by atoms with Crippen molar-refractivity contribution in [2.45, 2.75) is 57.0 Å². The first-order chi connectivity index (χ1) is 6.52. The van der Waals surface area contributed by atoms with Gasteiger partial charge in [0.1, 0.15) is 5.78 Å². The molecule has 82 valence electrons. The van der Waals surface area contributed by atoms with Crippen LogP contribution in [0.5, 0.6) is 0 Å². The van der Waals surface area contributed by atoms with Crippen LogP contribution in [0.4, 0.5) is 0 Å².